The first-order valence-electron chi connectivity index (χ1n) is 10.8. The third-order valence-corrected chi connectivity index (χ3v) is 5.17. The van der Waals surface area contributed by atoms with Crippen LogP contribution < -0.4 is 16.1 Å². The summed E-state index contributed by atoms with van der Waals surface area (Å²) in [7, 11) is 2.00. The summed E-state index contributed by atoms with van der Waals surface area (Å²) in [5.41, 5.74) is 5.39. The van der Waals surface area contributed by atoms with Crippen molar-refractivity contribution in [1.82, 2.24) is 9.97 Å². The minimum absolute atomic E-state index is 0.579. The van der Waals surface area contributed by atoms with Crippen molar-refractivity contribution in [3.05, 3.63) is 78.2 Å². The van der Waals surface area contributed by atoms with E-state index in [4.69, 9.17) is 4.98 Å². The first kappa shape index (κ1) is 21.6. The van der Waals surface area contributed by atoms with E-state index in [0.29, 0.717) is 5.95 Å². The molecule has 0 fully saturated rings. The van der Waals surface area contributed by atoms with E-state index < -0.39 is 0 Å². The molecule has 0 spiro atoms. The molecule has 30 heavy (non-hydrogen) atoms. The Morgan fingerprint density at radius 3 is 2.83 bits per heavy atom. The minimum Gasteiger partial charge on any atom is -0.340 e. The van der Waals surface area contributed by atoms with Crippen LogP contribution in [0.3, 0.4) is 0 Å². The summed E-state index contributed by atoms with van der Waals surface area (Å²) in [6, 6.07) is 8.06. The highest BCUT2D eigenvalue weighted by Crippen LogP contribution is 2.22. The maximum absolute atomic E-state index is 4.73. The molecule has 0 saturated heterocycles. The molecule has 3 rings (SSSR count). The van der Waals surface area contributed by atoms with Gasteiger partial charge in [0.2, 0.25) is 5.95 Å². The molecule has 0 bridgehead atoms. The number of hydrogen-bond donors (Lipinski definition) is 2. The van der Waals surface area contributed by atoms with Gasteiger partial charge >= 0.3 is 0 Å². The molecule has 1 heterocycles. The molecular formula is C25H31BN4. The van der Waals surface area contributed by atoms with E-state index in [2.05, 4.69) is 40.4 Å². The first-order chi connectivity index (χ1) is 14.7. The van der Waals surface area contributed by atoms with Crippen molar-refractivity contribution in [3.63, 3.8) is 0 Å². The largest absolute Gasteiger partial charge is 0.340 e. The maximum atomic E-state index is 4.73. The van der Waals surface area contributed by atoms with E-state index in [-0.39, 0.29) is 0 Å². The van der Waals surface area contributed by atoms with Gasteiger partial charge in [-0.05, 0) is 67.4 Å². The molecule has 0 aliphatic heterocycles. The Morgan fingerprint density at radius 1 is 1.17 bits per heavy atom. The lowest BCUT2D eigenvalue weighted by atomic mass is 9.98. The number of hydrogen-bond acceptors (Lipinski definition) is 4. The predicted molar refractivity (Wildman–Crippen MR) is 132 cm³/mol. The van der Waals surface area contributed by atoms with E-state index in [1.165, 1.54) is 31.3 Å². The van der Waals surface area contributed by atoms with Crippen LogP contribution in [0.1, 0.15) is 51.0 Å². The third-order valence-electron chi connectivity index (χ3n) is 5.17. The fraction of sp³-hybridized carbons (Fsp3) is 0.280. The highest BCUT2D eigenvalue weighted by atomic mass is 15.1. The molecule has 0 atom stereocenters. The van der Waals surface area contributed by atoms with Gasteiger partial charge in [0.25, 0.3) is 0 Å². The molecule has 0 amide bonds. The highest BCUT2D eigenvalue weighted by Gasteiger charge is 2.08. The van der Waals surface area contributed by atoms with Crippen LogP contribution in [0.15, 0.2) is 72.6 Å². The van der Waals surface area contributed by atoms with Crippen molar-refractivity contribution in [1.29, 1.82) is 0 Å². The van der Waals surface area contributed by atoms with Gasteiger partial charge in [-0.15, -0.1) is 0 Å². The van der Waals surface area contributed by atoms with E-state index >= 15 is 0 Å². The number of para-hydroxylation sites is 1. The zero-order valence-electron chi connectivity index (χ0n) is 18.1. The van der Waals surface area contributed by atoms with Crippen LogP contribution in [0, 0.1) is 0 Å². The molecular weight excluding hydrogens is 367 g/mol. The van der Waals surface area contributed by atoms with E-state index in [1.54, 1.807) is 0 Å². The maximum Gasteiger partial charge on any atom is 0.229 e. The fourth-order valence-corrected chi connectivity index (χ4v) is 3.53. The van der Waals surface area contributed by atoms with Crippen LogP contribution in [0.25, 0.3) is 6.08 Å². The molecule has 1 aliphatic rings. The van der Waals surface area contributed by atoms with Gasteiger partial charge in [0.15, 0.2) is 0 Å². The fourth-order valence-electron chi connectivity index (χ4n) is 3.53. The third kappa shape index (κ3) is 6.21. The predicted octanol–water partition coefficient (Wildman–Crippen LogP) is 5.27. The molecule has 2 aromatic rings. The van der Waals surface area contributed by atoms with Crippen molar-refractivity contribution in [2.75, 3.05) is 10.6 Å². The van der Waals surface area contributed by atoms with Crippen LogP contribution in [0.4, 0.5) is 17.5 Å². The molecule has 5 heteroatoms. The summed E-state index contributed by atoms with van der Waals surface area (Å²) in [6.45, 7) is 5.92. The second-order valence-electron chi connectivity index (χ2n) is 7.60. The number of benzene rings is 1. The van der Waals surface area contributed by atoms with Gasteiger partial charge in [-0.1, -0.05) is 55.8 Å². The average molecular weight is 398 g/mol. The van der Waals surface area contributed by atoms with Crippen molar-refractivity contribution >= 4 is 36.8 Å². The van der Waals surface area contributed by atoms with Crippen LogP contribution >= 0.6 is 0 Å². The van der Waals surface area contributed by atoms with Gasteiger partial charge in [0, 0.05) is 17.6 Å². The molecule has 0 radical (unpaired) electrons. The molecule has 0 unspecified atom stereocenters. The SMILES string of the molecule is Bc1cnc(NC(/C=C\C)=C/C2=C/CCCCCC2)nc1Nc1ccccc1C=C. The molecule has 154 valence electrons. The van der Waals surface area contributed by atoms with Crippen molar-refractivity contribution in [2.24, 2.45) is 0 Å². The molecule has 4 nitrogen and oxygen atoms in total. The Balaban J connectivity index is 1.83. The summed E-state index contributed by atoms with van der Waals surface area (Å²) < 4.78 is 0. The summed E-state index contributed by atoms with van der Waals surface area (Å²) >= 11 is 0. The quantitative estimate of drug-likeness (QED) is 0.493. The Labute approximate surface area is 181 Å². The van der Waals surface area contributed by atoms with Gasteiger partial charge in [-0.2, -0.15) is 4.98 Å². The van der Waals surface area contributed by atoms with Gasteiger partial charge in [-0.25, -0.2) is 4.98 Å². The smallest absolute Gasteiger partial charge is 0.229 e. The molecule has 2 N–H and O–H groups in total. The van der Waals surface area contributed by atoms with Gasteiger partial charge in [0.1, 0.15) is 13.7 Å². The highest BCUT2D eigenvalue weighted by molar-refractivity contribution is 6.35. The lowest BCUT2D eigenvalue weighted by Gasteiger charge is -2.14. The summed E-state index contributed by atoms with van der Waals surface area (Å²) in [5, 5.41) is 6.82. The van der Waals surface area contributed by atoms with E-state index in [0.717, 1.165) is 41.1 Å². The van der Waals surface area contributed by atoms with Crippen molar-refractivity contribution in [2.45, 2.75) is 45.4 Å². The van der Waals surface area contributed by atoms with Gasteiger partial charge < -0.3 is 10.6 Å². The summed E-state index contributed by atoms with van der Waals surface area (Å²) in [6.07, 6.45) is 19.9. The van der Waals surface area contributed by atoms with Crippen molar-refractivity contribution in [3.8, 4) is 0 Å². The zero-order chi connectivity index (χ0) is 21.2. The Hall–Kier alpha value is -3.08. The monoisotopic (exact) mass is 398 g/mol. The number of aromatic nitrogens is 2. The van der Waals surface area contributed by atoms with Crippen LogP contribution in [-0.4, -0.2) is 17.8 Å². The van der Waals surface area contributed by atoms with Crippen LogP contribution in [-0.2, 0) is 0 Å². The number of allylic oxidation sites excluding steroid dienone is 5. The summed E-state index contributed by atoms with van der Waals surface area (Å²) in [5.74, 6) is 1.36. The number of anilines is 3. The minimum atomic E-state index is 0.579. The van der Waals surface area contributed by atoms with E-state index in [1.807, 2.05) is 57.4 Å². The average Bonchev–Trinajstić information content (AvgIpc) is 2.73. The molecule has 1 aromatic carbocycles. The number of rotatable bonds is 7. The first-order valence-corrected chi connectivity index (χ1v) is 10.8. The van der Waals surface area contributed by atoms with Crippen LogP contribution in [0.2, 0.25) is 0 Å². The standard InChI is InChI=1S/C25H31BN4/c1-3-12-21(17-19-13-8-6-5-7-9-14-19)28-25-27-18-22(26)24(30-25)29-23-16-11-10-15-20(23)4-2/h3-4,10-13,15-18H,2,5-9,14,26H2,1H3,(H2,27,28,29,30)/b12-3-,19-13+,21-17+. The normalized spacial score (nSPS) is 17.0. The number of nitrogens with one attached hydrogen (secondary N) is 2. The second kappa shape index (κ2) is 11.2. The van der Waals surface area contributed by atoms with Gasteiger partial charge in [0.05, 0.1) is 0 Å². The Morgan fingerprint density at radius 2 is 2.00 bits per heavy atom. The molecule has 1 aliphatic carbocycles. The summed E-state index contributed by atoms with van der Waals surface area (Å²) in [4.78, 5) is 9.23. The van der Waals surface area contributed by atoms with Crippen molar-refractivity contribution < 1.29 is 0 Å². The number of nitrogens with zero attached hydrogens (tertiary/aromatic N) is 2. The lowest BCUT2D eigenvalue weighted by Crippen LogP contribution is -2.15. The topological polar surface area (TPSA) is 49.8 Å². The zero-order valence-corrected chi connectivity index (χ0v) is 18.1. The van der Waals surface area contributed by atoms with E-state index in [9.17, 15) is 0 Å². The lowest BCUT2D eigenvalue weighted by molar-refractivity contribution is 0.629. The van der Waals surface area contributed by atoms with Gasteiger partial charge in [-0.3, -0.25) is 0 Å². The Kier molecular flexibility index (Phi) is 8.07. The Bertz CT molecular complexity index is 959. The molecule has 1 aromatic heterocycles. The molecule has 0 saturated carbocycles. The second-order valence-corrected chi connectivity index (χ2v) is 7.60. The van der Waals surface area contributed by atoms with Crippen LogP contribution in [0.5, 0.6) is 0 Å².